The molecule has 0 radical (unpaired) electrons. The van der Waals surface area contributed by atoms with Gasteiger partial charge in [-0.3, -0.25) is 0 Å². The first-order chi connectivity index (χ1) is 7.41. The molecular weight excluding hydrogens is 194 g/mol. The lowest BCUT2D eigenvalue weighted by Gasteiger charge is -2.05. The Morgan fingerprint density at radius 1 is 0.733 bits per heavy atom. The van der Waals surface area contributed by atoms with E-state index in [1.165, 1.54) is 0 Å². The molecule has 4 nitrogen and oxygen atoms in total. The Bertz CT molecular complexity index is 100. The summed E-state index contributed by atoms with van der Waals surface area (Å²) in [5, 5.41) is 0. The highest BCUT2D eigenvalue weighted by Gasteiger charge is 1.91. The molecule has 0 bridgehead atoms. The number of methoxy groups -OCH3 is 1. The van der Waals surface area contributed by atoms with Gasteiger partial charge >= 0.3 is 0 Å². The second-order valence-corrected chi connectivity index (χ2v) is 3.42. The minimum absolute atomic E-state index is 0.681. The highest BCUT2D eigenvalue weighted by Crippen LogP contribution is 1.93. The van der Waals surface area contributed by atoms with Crippen LogP contribution in [0, 0.1) is 0 Å². The van der Waals surface area contributed by atoms with Crippen molar-refractivity contribution in [2.45, 2.75) is 25.7 Å². The fourth-order valence-electron chi connectivity index (χ4n) is 1.15. The van der Waals surface area contributed by atoms with E-state index in [1.807, 2.05) is 0 Å². The van der Waals surface area contributed by atoms with E-state index in [0.717, 1.165) is 52.0 Å². The normalized spacial score (nSPS) is 10.8. The zero-order valence-corrected chi connectivity index (χ0v) is 9.87. The third kappa shape index (κ3) is 13.8. The van der Waals surface area contributed by atoms with E-state index in [9.17, 15) is 0 Å². The molecule has 0 aromatic carbocycles. The monoisotopic (exact) mass is 219 g/mol. The van der Waals surface area contributed by atoms with Crippen LogP contribution in [0.15, 0.2) is 0 Å². The predicted octanol–water partition coefficient (Wildman–Crippen LogP) is 1.19. The van der Waals surface area contributed by atoms with Crippen LogP contribution in [-0.4, -0.2) is 46.7 Å². The Morgan fingerprint density at radius 2 is 1.40 bits per heavy atom. The van der Waals surface area contributed by atoms with Gasteiger partial charge < -0.3 is 19.9 Å². The summed E-state index contributed by atoms with van der Waals surface area (Å²) in [5.74, 6) is 0. The highest BCUT2D eigenvalue weighted by atomic mass is 16.5. The molecule has 0 aliphatic heterocycles. The van der Waals surface area contributed by atoms with Crippen LogP contribution in [0.5, 0.6) is 0 Å². The van der Waals surface area contributed by atoms with Crippen LogP contribution < -0.4 is 5.73 Å². The zero-order chi connectivity index (χ0) is 11.2. The van der Waals surface area contributed by atoms with E-state index in [1.54, 1.807) is 7.11 Å². The Morgan fingerprint density at radius 3 is 2.00 bits per heavy atom. The van der Waals surface area contributed by atoms with E-state index < -0.39 is 0 Å². The number of hydrogen-bond acceptors (Lipinski definition) is 4. The highest BCUT2D eigenvalue weighted by molar-refractivity contribution is 4.41. The van der Waals surface area contributed by atoms with Crippen molar-refractivity contribution in [1.82, 2.24) is 0 Å². The zero-order valence-electron chi connectivity index (χ0n) is 9.87. The topological polar surface area (TPSA) is 53.7 Å². The van der Waals surface area contributed by atoms with Gasteiger partial charge in [0.25, 0.3) is 0 Å². The average Bonchev–Trinajstić information content (AvgIpc) is 2.26. The number of nitrogens with two attached hydrogens (primary N) is 1. The van der Waals surface area contributed by atoms with Crippen molar-refractivity contribution in [1.29, 1.82) is 0 Å². The molecule has 0 saturated carbocycles. The molecule has 0 spiro atoms. The molecule has 92 valence electrons. The molecule has 0 heterocycles. The second-order valence-electron chi connectivity index (χ2n) is 3.42. The van der Waals surface area contributed by atoms with E-state index in [4.69, 9.17) is 19.9 Å². The summed E-state index contributed by atoms with van der Waals surface area (Å²) < 4.78 is 15.6. The molecule has 4 heteroatoms. The minimum Gasteiger partial charge on any atom is -0.385 e. The molecule has 0 amide bonds. The fraction of sp³-hybridized carbons (Fsp3) is 1.00. The van der Waals surface area contributed by atoms with Crippen LogP contribution in [0.4, 0.5) is 0 Å². The molecule has 0 aliphatic carbocycles. The third-order valence-electron chi connectivity index (χ3n) is 2.00. The number of rotatable bonds is 12. The standard InChI is InChI=1S/C11H25NO3/c1-13-7-5-9-15-11-10-14-8-4-2-3-6-12/h2-12H2,1H3. The predicted molar refractivity (Wildman–Crippen MR) is 61.0 cm³/mol. The number of unbranched alkanes of at least 4 members (excludes halogenated alkanes) is 2. The van der Waals surface area contributed by atoms with Crippen LogP contribution in [0.25, 0.3) is 0 Å². The lowest BCUT2D eigenvalue weighted by Crippen LogP contribution is -2.07. The van der Waals surface area contributed by atoms with Crippen molar-refractivity contribution in [3.8, 4) is 0 Å². The SMILES string of the molecule is COCCCOCCOCCCCCN. The van der Waals surface area contributed by atoms with Crippen molar-refractivity contribution in [2.75, 3.05) is 46.7 Å². The Labute approximate surface area is 93.1 Å². The van der Waals surface area contributed by atoms with E-state index in [0.29, 0.717) is 13.2 Å². The van der Waals surface area contributed by atoms with Crippen molar-refractivity contribution < 1.29 is 14.2 Å². The maximum atomic E-state index is 5.39. The summed E-state index contributed by atoms with van der Waals surface area (Å²) in [6, 6.07) is 0. The maximum absolute atomic E-state index is 5.39. The van der Waals surface area contributed by atoms with Gasteiger partial charge in [-0.25, -0.2) is 0 Å². The van der Waals surface area contributed by atoms with Gasteiger partial charge in [-0.05, 0) is 32.2 Å². The van der Waals surface area contributed by atoms with Gasteiger partial charge in [-0.2, -0.15) is 0 Å². The lowest BCUT2D eigenvalue weighted by molar-refractivity contribution is 0.0387. The molecule has 15 heavy (non-hydrogen) atoms. The summed E-state index contributed by atoms with van der Waals surface area (Å²) in [6.07, 6.45) is 4.30. The van der Waals surface area contributed by atoms with E-state index >= 15 is 0 Å². The average molecular weight is 219 g/mol. The lowest BCUT2D eigenvalue weighted by atomic mass is 10.2. The van der Waals surface area contributed by atoms with Crippen LogP contribution in [0.1, 0.15) is 25.7 Å². The van der Waals surface area contributed by atoms with Crippen LogP contribution in [0.2, 0.25) is 0 Å². The van der Waals surface area contributed by atoms with Gasteiger partial charge in [0.15, 0.2) is 0 Å². The molecule has 2 N–H and O–H groups in total. The molecule has 0 unspecified atom stereocenters. The van der Waals surface area contributed by atoms with Crippen molar-refractivity contribution in [3.63, 3.8) is 0 Å². The Balaban J connectivity index is 2.81. The molecule has 0 fully saturated rings. The first kappa shape index (κ1) is 14.8. The van der Waals surface area contributed by atoms with E-state index in [2.05, 4.69) is 0 Å². The van der Waals surface area contributed by atoms with Crippen LogP contribution in [0.3, 0.4) is 0 Å². The molecule has 0 rings (SSSR count). The fourth-order valence-corrected chi connectivity index (χ4v) is 1.15. The van der Waals surface area contributed by atoms with Gasteiger partial charge in [0.2, 0.25) is 0 Å². The van der Waals surface area contributed by atoms with Gasteiger partial charge in [0, 0.05) is 26.9 Å². The Hall–Kier alpha value is -0.160. The van der Waals surface area contributed by atoms with Crippen molar-refractivity contribution in [2.24, 2.45) is 5.73 Å². The smallest absolute Gasteiger partial charge is 0.0700 e. The van der Waals surface area contributed by atoms with Crippen LogP contribution in [-0.2, 0) is 14.2 Å². The van der Waals surface area contributed by atoms with Gasteiger partial charge in [-0.15, -0.1) is 0 Å². The molecule has 0 aromatic heterocycles. The van der Waals surface area contributed by atoms with E-state index in [-0.39, 0.29) is 0 Å². The maximum Gasteiger partial charge on any atom is 0.0700 e. The molecule has 0 aromatic rings. The summed E-state index contributed by atoms with van der Waals surface area (Å²) >= 11 is 0. The second kappa shape index (κ2) is 13.8. The molecule has 0 atom stereocenters. The number of ether oxygens (including phenoxy) is 3. The summed E-state index contributed by atoms with van der Waals surface area (Å²) in [5.41, 5.74) is 5.38. The molecule has 0 saturated heterocycles. The molecule has 0 aliphatic rings. The van der Waals surface area contributed by atoms with Gasteiger partial charge in [-0.1, -0.05) is 0 Å². The van der Waals surface area contributed by atoms with Gasteiger partial charge in [0.1, 0.15) is 0 Å². The first-order valence-corrected chi connectivity index (χ1v) is 5.76. The first-order valence-electron chi connectivity index (χ1n) is 5.76. The summed E-state index contributed by atoms with van der Waals surface area (Å²) in [6.45, 7) is 4.49. The summed E-state index contributed by atoms with van der Waals surface area (Å²) in [7, 11) is 1.70. The number of hydrogen-bond donors (Lipinski definition) is 1. The minimum atomic E-state index is 0.681. The van der Waals surface area contributed by atoms with Crippen LogP contribution >= 0.6 is 0 Å². The van der Waals surface area contributed by atoms with Crippen molar-refractivity contribution >= 4 is 0 Å². The third-order valence-corrected chi connectivity index (χ3v) is 2.00. The van der Waals surface area contributed by atoms with Crippen molar-refractivity contribution in [3.05, 3.63) is 0 Å². The molecular formula is C11H25NO3. The summed E-state index contributed by atoms with van der Waals surface area (Å²) in [4.78, 5) is 0. The largest absolute Gasteiger partial charge is 0.385 e. The quantitative estimate of drug-likeness (QED) is 0.501. The van der Waals surface area contributed by atoms with Gasteiger partial charge in [0.05, 0.1) is 13.2 Å². The Kier molecular flexibility index (Phi) is 13.7.